The molecule has 29 heavy (non-hydrogen) atoms. The molecule has 0 bridgehead atoms. The van der Waals surface area contributed by atoms with Crippen LogP contribution in [0.15, 0.2) is 60.7 Å². The lowest BCUT2D eigenvalue weighted by Crippen LogP contribution is -2.50. The Hall–Kier alpha value is -3.15. The topological polar surface area (TPSA) is 86.7 Å². The number of nitrogens with zero attached hydrogens (tertiary/aromatic N) is 1. The molecule has 1 heterocycles. The van der Waals surface area contributed by atoms with Crippen LogP contribution >= 0.6 is 0 Å². The molecule has 152 valence electrons. The first-order valence-electron chi connectivity index (χ1n) is 9.89. The van der Waals surface area contributed by atoms with Crippen LogP contribution in [0.5, 0.6) is 0 Å². The molecule has 0 spiro atoms. The predicted molar refractivity (Wildman–Crippen MR) is 109 cm³/mol. The minimum absolute atomic E-state index is 0.0146. The van der Waals surface area contributed by atoms with Crippen LogP contribution in [0.3, 0.4) is 0 Å². The number of amides is 2. The zero-order chi connectivity index (χ0) is 20.8. The second kappa shape index (κ2) is 9.37. The molecule has 6 nitrogen and oxygen atoms in total. The zero-order valence-corrected chi connectivity index (χ0v) is 16.5. The molecular formula is C23H26N2O4. The predicted octanol–water partition coefficient (Wildman–Crippen LogP) is 3.26. The van der Waals surface area contributed by atoms with Crippen molar-refractivity contribution in [1.29, 1.82) is 0 Å². The maximum atomic E-state index is 13.0. The van der Waals surface area contributed by atoms with Gasteiger partial charge in [0.1, 0.15) is 6.04 Å². The van der Waals surface area contributed by atoms with Gasteiger partial charge >= 0.3 is 5.97 Å². The van der Waals surface area contributed by atoms with Crippen molar-refractivity contribution in [3.63, 3.8) is 0 Å². The molecule has 2 aromatic carbocycles. The minimum atomic E-state index is -0.977. The van der Waals surface area contributed by atoms with Gasteiger partial charge in [0.05, 0.1) is 12.5 Å². The van der Waals surface area contributed by atoms with Gasteiger partial charge in [-0.2, -0.15) is 0 Å². The van der Waals surface area contributed by atoms with Crippen molar-refractivity contribution in [2.75, 3.05) is 6.54 Å². The Balaban J connectivity index is 1.78. The molecule has 0 saturated carbocycles. The van der Waals surface area contributed by atoms with Gasteiger partial charge in [-0.25, -0.2) is 4.79 Å². The highest BCUT2D eigenvalue weighted by molar-refractivity contribution is 5.95. The smallest absolute Gasteiger partial charge is 0.326 e. The van der Waals surface area contributed by atoms with Crippen LogP contribution in [0.2, 0.25) is 0 Å². The van der Waals surface area contributed by atoms with Gasteiger partial charge < -0.3 is 15.3 Å². The number of carboxylic acid groups (broad SMARTS) is 1. The molecule has 2 amide bonds. The number of aliphatic carboxylic acids is 1. The second-order valence-electron chi connectivity index (χ2n) is 7.58. The van der Waals surface area contributed by atoms with Crippen molar-refractivity contribution >= 4 is 17.8 Å². The lowest BCUT2D eigenvalue weighted by molar-refractivity contribution is -0.153. The van der Waals surface area contributed by atoms with Crippen LogP contribution in [-0.4, -0.2) is 40.4 Å². The van der Waals surface area contributed by atoms with E-state index in [0.717, 1.165) is 12.0 Å². The molecule has 2 aromatic rings. The number of carboxylic acids is 1. The van der Waals surface area contributed by atoms with E-state index in [1.165, 1.54) is 4.90 Å². The first kappa shape index (κ1) is 20.6. The quantitative estimate of drug-likeness (QED) is 0.787. The largest absolute Gasteiger partial charge is 0.480 e. The fourth-order valence-corrected chi connectivity index (χ4v) is 3.73. The van der Waals surface area contributed by atoms with Gasteiger partial charge in [-0.3, -0.25) is 9.59 Å². The molecule has 2 N–H and O–H groups in total. The lowest BCUT2D eigenvalue weighted by Gasteiger charge is -2.36. The molecule has 6 heteroatoms. The van der Waals surface area contributed by atoms with Crippen molar-refractivity contribution in [1.82, 2.24) is 10.2 Å². The summed E-state index contributed by atoms with van der Waals surface area (Å²) in [4.78, 5) is 38.8. The molecule has 0 radical (unpaired) electrons. The first-order chi connectivity index (χ1) is 14.0. The molecule has 3 rings (SSSR count). The van der Waals surface area contributed by atoms with Gasteiger partial charge in [-0.15, -0.1) is 0 Å². The SMILES string of the molecule is CC1CCN(C(=O)CC(NC(=O)c2ccccc2)c2ccccc2)C(C(=O)O)C1. The van der Waals surface area contributed by atoms with E-state index < -0.39 is 18.1 Å². The number of likely N-dealkylation sites (tertiary alicyclic amines) is 1. The van der Waals surface area contributed by atoms with Crippen LogP contribution in [0.1, 0.15) is 48.1 Å². The van der Waals surface area contributed by atoms with E-state index in [2.05, 4.69) is 5.32 Å². The number of nitrogens with one attached hydrogen (secondary N) is 1. The number of benzene rings is 2. The van der Waals surface area contributed by atoms with Crippen LogP contribution in [0.4, 0.5) is 0 Å². The van der Waals surface area contributed by atoms with Gasteiger partial charge in [0, 0.05) is 12.1 Å². The van der Waals surface area contributed by atoms with Gasteiger partial charge in [-0.05, 0) is 36.5 Å². The Morgan fingerprint density at radius 3 is 2.31 bits per heavy atom. The molecule has 0 aliphatic carbocycles. The summed E-state index contributed by atoms with van der Waals surface area (Å²) >= 11 is 0. The monoisotopic (exact) mass is 394 g/mol. The summed E-state index contributed by atoms with van der Waals surface area (Å²) in [7, 11) is 0. The van der Waals surface area contributed by atoms with E-state index in [1.54, 1.807) is 24.3 Å². The molecule has 0 aromatic heterocycles. The standard InChI is InChI=1S/C23H26N2O4/c1-16-12-13-25(20(14-16)23(28)29)21(26)15-19(17-8-4-2-5-9-17)24-22(27)18-10-6-3-7-11-18/h2-11,16,19-20H,12-15H2,1H3,(H,24,27)(H,28,29). The van der Waals surface area contributed by atoms with Crippen molar-refractivity contribution in [3.8, 4) is 0 Å². The third-order valence-corrected chi connectivity index (χ3v) is 5.39. The van der Waals surface area contributed by atoms with Crippen LogP contribution in [0, 0.1) is 5.92 Å². The fraction of sp³-hybridized carbons (Fsp3) is 0.348. The number of carbonyl (C=O) groups is 3. The Morgan fingerprint density at radius 2 is 1.69 bits per heavy atom. The Bertz CT molecular complexity index is 854. The Morgan fingerprint density at radius 1 is 1.07 bits per heavy atom. The third kappa shape index (κ3) is 5.22. The molecular weight excluding hydrogens is 368 g/mol. The van der Waals surface area contributed by atoms with Crippen molar-refractivity contribution in [3.05, 3.63) is 71.8 Å². The van der Waals surface area contributed by atoms with Crippen molar-refractivity contribution in [2.24, 2.45) is 5.92 Å². The third-order valence-electron chi connectivity index (χ3n) is 5.39. The van der Waals surface area contributed by atoms with Crippen LogP contribution < -0.4 is 5.32 Å². The fourth-order valence-electron chi connectivity index (χ4n) is 3.73. The summed E-state index contributed by atoms with van der Waals surface area (Å²) in [5, 5.41) is 12.5. The van der Waals surface area contributed by atoms with E-state index in [-0.39, 0.29) is 24.2 Å². The van der Waals surface area contributed by atoms with E-state index in [4.69, 9.17) is 0 Å². The van der Waals surface area contributed by atoms with Crippen molar-refractivity contribution < 1.29 is 19.5 Å². The summed E-state index contributed by atoms with van der Waals surface area (Å²) in [6, 6.07) is 16.8. The van der Waals surface area contributed by atoms with E-state index in [9.17, 15) is 19.5 Å². The van der Waals surface area contributed by atoms with Gasteiger partial charge in [-0.1, -0.05) is 55.5 Å². The number of rotatable bonds is 6. The summed E-state index contributed by atoms with van der Waals surface area (Å²) < 4.78 is 0. The Kier molecular flexibility index (Phi) is 6.65. The van der Waals surface area contributed by atoms with Gasteiger partial charge in [0.2, 0.25) is 5.91 Å². The van der Waals surface area contributed by atoms with Crippen LogP contribution in [0.25, 0.3) is 0 Å². The molecule has 3 unspecified atom stereocenters. The average molecular weight is 394 g/mol. The summed E-state index contributed by atoms with van der Waals surface area (Å²) in [5.74, 6) is -1.24. The highest BCUT2D eigenvalue weighted by atomic mass is 16.4. The number of piperidine rings is 1. The number of hydrogen-bond acceptors (Lipinski definition) is 3. The molecule has 3 atom stereocenters. The molecule has 1 saturated heterocycles. The average Bonchev–Trinajstić information content (AvgIpc) is 2.74. The maximum absolute atomic E-state index is 13.0. The minimum Gasteiger partial charge on any atom is -0.480 e. The van der Waals surface area contributed by atoms with E-state index >= 15 is 0 Å². The van der Waals surface area contributed by atoms with Gasteiger partial charge in [0.15, 0.2) is 0 Å². The van der Waals surface area contributed by atoms with Crippen molar-refractivity contribution in [2.45, 2.75) is 38.3 Å². The highest BCUT2D eigenvalue weighted by Gasteiger charge is 2.35. The normalized spacial score (nSPS) is 20.0. The first-order valence-corrected chi connectivity index (χ1v) is 9.89. The summed E-state index contributed by atoms with van der Waals surface area (Å²) in [5.41, 5.74) is 1.32. The van der Waals surface area contributed by atoms with E-state index in [0.29, 0.717) is 18.5 Å². The molecule has 1 aliphatic heterocycles. The second-order valence-corrected chi connectivity index (χ2v) is 7.58. The molecule has 1 fully saturated rings. The number of hydrogen-bond donors (Lipinski definition) is 2. The summed E-state index contributed by atoms with van der Waals surface area (Å²) in [6.07, 6.45) is 1.25. The number of carbonyl (C=O) groups excluding carboxylic acids is 2. The maximum Gasteiger partial charge on any atom is 0.326 e. The zero-order valence-electron chi connectivity index (χ0n) is 16.5. The molecule has 1 aliphatic rings. The van der Waals surface area contributed by atoms with Crippen LogP contribution in [-0.2, 0) is 9.59 Å². The lowest BCUT2D eigenvalue weighted by atomic mass is 9.91. The summed E-state index contributed by atoms with van der Waals surface area (Å²) in [6.45, 7) is 2.43. The van der Waals surface area contributed by atoms with Gasteiger partial charge in [0.25, 0.3) is 5.91 Å². The highest BCUT2D eigenvalue weighted by Crippen LogP contribution is 2.26. The van der Waals surface area contributed by atoms with E-state index in [1.807, 2.05) is 43.3 Å². The Labute approximate surface area is 170 Å².